The summed E-state index contributed by atoms with van der Waals surface area (Å²) in [4.78, 5) is 0. The first-order chi connectivity index (χ1) is 7.69. The van der Waals surface area contributed by atoms with Crippen molar-refractivity contribution in [2.24, 2.45) is 0 Å². The van der Waals surface area contributed by atoms with Gasteiger partial charge in [0.05, 0.1) is 12.7 Å². The van der Waals surface area contributed by atoms with Gasteiger partial charge in [0.15, 0.2) is 0 Å². The second-order valence-electron chi connectivity index (χ2n) is 3.80. The summed E-state index contributed by atoms with van der Waals surface area (Å²) in [5, 5.41) is 9.29. The lowest BCUT2D eigenvalue weighted by atomic mass is 10.1. The predicted octanol–water partition coefficient (Wildman–Crippen LogP) is 3.88. The average Bonchev–Trinajstić information content (AvgIpc) is 2.26. The van der Waals surface area contributed by atoms with E-state index in [4.69, 9.17) is 10.00 Å². The standard InChI is InChI=1S/C13H16BrNO/c1-10-7-12(9-14)8-11(2)13(10)16-6-4-3-5-15/h7-8H,3-4,6,9H2,1-2H3. The van der Waals surface area contributed by atoms with E-state index >= 15 is 0 Å². The second kappa shape index (κ2) is 6.55. The molecule has 0 saturated heterocycles. The van der Waals surface area contributed by atoms with Crippen LogP contribution >= 0.6 is 15.9 Å². The lowest BCUT2D eigenvalue weighted by molar-refractivity contribution is 0.308. The van der Waals surface area contributed by atoms with Crippen molar-refractivity contribution in [3.63, 3.8) is 0 Å². The zero-order valence-corrected chi connectivity index (χ0v) is 11.3. The maximum Gasteiger partial charge on any atom is 0.125 e. The van der Waals surface area contributed by atoms with Crippen molar-refractivity contribution in [2.75, 3.05) is 6.61 Å². The van der Waals surface area contributed by atoms with Crippen LogP contribution in [0.25, 0.3) is 0 Å². The average molecular weight is 282 g/mol. The number of alkyl halides is 1. The van der Waals surface area contributed by atoms with Gasteiger partial charge < -0.3 is 4.74 Å². The van der Waals surface area contributed by atoms with E-state index in [1.165, 1.54) is 5.56 Å². The maximum atomic E-state index is 8.43. The number of rotatable bonds is 5. The number of nitriles is 1. The summed E-state index contributed by atoms with van der Waals surface area (Å²) >= 11 is 3.45. The van der Waals surface area contributed by atoms with Crippen LogP contribution in [0.5, 0.6) is 5.75 Å². The van der Waals surface area contributed by atoms with Crippen LogP contribution in [0.3, 0.4) is 0 Å². The van der Waals surface area contributed by atoms with E-state index in [1.807, 2.05) is 0 Å². The molecule has 0 spiro atoms. The predicted molar refractivity (Wildman–Crippen MR) is 68.9 cm³/mol. The van der Waals surface area contributed by atoms with Gasteiger partial charge in [-0.3, -0.25) is 0 Å². The minimum atomic E-state index is 0.553. The summed E-state index contributed by atoms with van der Waals surface area (Å²) in [6.07, 6.45) is 1.34. The van der Waals surface area contributed by atoms with Gasteiger partial charge in [-0.25, -0.2) is 0 Å². The number of ether oxygens (including phenoxy) is 1. The zero-order chi connectivity index (χ0) is 12.0. The van der Waals surface area contributed by atoms with Crippen LogP contribution in [0.2, 0.25) is 0 Å². The molecule has 0 bridgehead atoms. The van der Waals surface area contributed by atoms with Gasteiger partial charge in [-0.1, -0.05) is 28.1 Å². The van der Waals surface area contributed by atoms with Crippen LogP contribution in [0, 0.1) is 25.2 Å². The van der Waals surface area contributed by atoms with Gasteiger partial charge in [0.25, 0.3) is 0 Å². The molecule has 0 saturated carbocycles. The second-order valence-corrected chi connectivity index (χ2v) is 4.36. The van der Waals surface area contributed by atoms with E-state index < -0.39 is 0 Å². The Kier molecular flexibility index (Phi) is 5.34. The smallest absolute Gasteiger partial charge is 0.125 e. The Bertz CT molecular complexity index is 372. The topological polar surface area (TPSA) is 33.0 Å². The Morgan fingerprint density at radius 1 is 1.31 bits per heavy atom. The summed E-state index contributed by atoms with van der Waals surface area (Å²) in [5.41, 5.74) is 3.58. The number of hydrogen-bond acceptors (Lipinski definition) is 2. The molecule has 1 aromatic carbocycles. The van der Waals surface area contributed by atoms with E-state index in [0.717, 1.165) is 28.6 Å². The van der Waals surface area contributed by atoms with E-state index in [-0.39, 0.29) is 0 Å². The van der Waals surface area contributed by atoms with Crippen LogP contribution in [0.15, 0.2) is 12.1 Å². The molecule has 0 aliphatic rings. The van der Waals surface area contributed by atoms with E-state index in [2.05, 4.69) is 48.0 Å². The fourth-order valence-corrected chi connectivity index (χ4v) is 1.99. The summed E-state index contributed by atoms with van der Waals surface area (Å²) in [6.45, 7) is 4.72. The first-order valence-electron chi connectivity index (χ1n) is 5.35. The molecule has 3 heteroatoms. The normalized spacial score (nSPS) is 9.88. The van der Waals surface area contributed by atoms with Crippen molar-refractivity contribution in [2.45, 2.75) is 32.0 Å². The molecular weight excluding hydrogens is 266 g/mol. The maximum absolute atomic E-state index is 8.43. The van der Waals surface area contributed by atoms with Gasteiger partial charge >= 0.3 is 0 Å². The van der Waals surface area contributed by atoms with Gasteiger partial charge in [0, 0.05) is 11.8 Å². The first-order valence-corrected chi connectivity index (χ1v) is 6.47. The van der Waals surface area contributed by atoms with Crippen molar-refractivity contribution >= 4 is 15.9 Å². The minimum Gasteiger partial charge on any atom is -0.493 e. The highest BCUT2D eigenvalue weighted by molar-refractivity contribution is 9.08. The van der Waals surface area contributed by atoms with Crippen LogP contribution in [-0.2, 0) is 5.33 Å². The molecule has 0 atom stereocenters. The SMILES string of the molecule is Cc1cc(CBr)cc(C)c1OCCCC#N. The summed E-state index contributed by atoms with van der Waals surface area (Å²) in [6, 6.07) is 6.37. The summed E-state index contributed by atoms with van der Waals surface area (Å²) in [7, 11) is 0. The quantitative estimate of drug-likeness (QED) is 0.606. The van der Waals surface area contributed by atoms with Gasteiger partial charge in [0.1, 0.15) is 5.75 Å². The highest BCUT2D eigenvalue weighted by Crippen LogP contribution is 2.25. The number of nitrogens with zero attached hydrogens (tertiary/aromatic N) is 1. The molecule has 0 heterocycles. The van der Waals surface area contributed by atoms with Crippen LogP contribution in [0.4, 0.5) is 0 Å². The Hall–Kier alpha value is -1.01. The van der Waals surface area contributed by atoms with Crippen molar-refractivity contribution in [3.8, 4) is 11.8 Å². The third kappa shape index (κ3) is 3.53. The van der Waals surface area contributed by atoms with Crippen molar-refractivity contribution < 1.29 is 4.74 Å². The number of benzene rings is 1. The monoisotopic (exact) mass is 281 g/mol. The Morgan fingerprint density at radius 3 is 2.44 bits per heavy atom. The molecule has 2 nitrogen and oxygen atoms in total. The Labute approximate surface area is 105 Å². The Morgan fingerprint density at radius 2 is 1.94 bits per heavy atom. The molecule has 0 unspecified atom stereocenters. The summed E-state index contributed by atoms with van der Waals surface area (Å²) < 4.78 is 5.70. The minimum absolute atomic E-state index is 0.553. The zero-order valence-electron chi connectivity index (χ0n) is 9.72. The van der Waals surface area contributed by atoms with Crippen molar-refractivity contribution in [1.29, 1.82) is 5.26 Å². The van der Waals surface area contributed by atoms with E-state index in [9.17, 15) is 0 Å². The summed E-state index contributed by atoms with van der Waals surface area (Å²) in [5.74, 6) is 0.961. The lowest BCUT2D eigenvalue weighted by Gasteiger charge is -2.12. The molecule has 0 aliphatic heterocycles. The molecule has 0 radical (unpaired) electrons. The van der Waals surface area contributed by atoms with Crippen LogP contribution in [0.1, 0.15) is 29.5 Å². The largest absolute Gasteiger partial charge is 0.493 e. The fourth-order valence-electron chi connectivity index (χ4n) is 1.67. The third-order valence-corrected chi connectivity index (χ3v) is 3.00. The van der Waals surface area contributed by atoms with Gasteiger partial charge in [-0.2, -0.15) is 5.26 Å². The molecular formula is C13H16BrNO. The fraction of sp³-hybridized carbons (Fsp3) is 0.462. The molecule has 0 N–H and O–H groups in total. The van der Waals surface area contributed by atoms with Gasteiger partial charge in [0.2, 0.25) is 0 Å². The number of halogens is 1. The highest BCUT2D eigenvalue weighted by Gasteiger charge is 2.05. The first kappa shape index (κ1) is 13.1. The van der Waals surface area contributed by atoms with Gasteiger partial charge in [-0.05, 0) is 37.0 Å². The van der Waals surface area contributed by atoms with Crippen LogP contribution in [-0.4, -0.2) is 6.61 Å². The molecule has 1 rings (SSSR count). The molecule has 0 aliphatic carbocycles. The van der Waals surface area contributed by atoms with Crippen molar-refractivity contribution in [3.05, 3.63) is 28.8 Å². The molecule has 0 fully saturated rings. The van der Waals surface area contributed by atoms with Crippen molar-refractivity contribution in [1.82, 2.24) is 0 Å². The molecule has 86 valence electrons. The lowest BCUT2D eigenvalue weighted by Crippen LogP contribution is -2.01. The molecule has 0 amide bonds. The van der Waals surface area contributed by atoms with Crippen LogP contribution < -0.4 is 4.74 Å². The number of unbranched alkanes of at least 4 members (excludes halogenated alkanes) is 1. The number of aryl methyl sites for hydroxylation is 2. The van der Waals surface area contributed by atoms with E-state index in [1.54, 1.807) is 0 Å². The number of hydrogen-bond donors (Lipinski definition) is 0. The molecule has 0 aromatic heterocycles. The third-order valence-electron chi connectivity index (χ3n) is 2.35. The van der Waals surface area contributed by atoms with Gasteiger partial charge in [-0.15, -0.1) is 0 Å². The van der Waals surface area contributed by atoms with E-state index in [0.29, 0.717) is 13.0 Å². The highest BCUT2D eigenvalue weighted by atomic mass is 79.9. The molecule has 1 aromatic rings. The molecule has 16 heavy (non-hydrogen) atoms. The Balaban J connectivity index is 2.69.